The summed E-state index contributed by atoms with van der Waals surface area (Å²) in [6.45, 7) is 2.40. The van der Waals surface area contributed by atoms with Gasteiger partial charge in [0.05, 0.1) is 4.90 Å². The van der Waals surface area contributed by atoms with Crippen molar-refractivity contribution >= 4 is 21.4 Å². The summed E-state index contributed by atoms with van der Waals surface area (Å²) >= 11 is 1.73. The van der Waals surface area contributed by atoms with E-state index in [0.29, 0.717) is 11.4 Å². The van der Waals surface area contributed by atoms with Crippen LogP contribution in [0.15, 0.2) is 46.7 Å². The van der Waals surface area contributed by atoms with Crippen molar-refractivity contribution in [1.29, 1.82) is 0 Å². The van der Waals surface area contributed by atoms with Gasteiger partial charge >= 0.3 is 0 Å². The number of benzene rings is 1. The average Bonchev–Trinajstić information content (AvgIpc) is 3.17. The van der Waals surface area contributed by atoms with E-state index in [1.54, 1.807) is 29.5 Å². The van der Waals surface area contributed by atoms with Gasteiger partial charge in [-0.15, -0.1) is 11.3 Å². The number of sulfonamides is 1. The first-order valence-corrected chi connectivity index (χ1v) is 9.99. The third kappa shape index (κ3) is 3.12. The van der Waals surface area contributed by atoms with Gasteiger partial charge in [-0.3, -0.25) is 0 Å². The SMILES string of the molecule is Cc1cccc(S(=O)(=O)NCC2(c3cccs3)CCCC2)c1. The Morgan fingerprint density at radius 2 is 1.95 bits per heavy atom. The Bertz CT molecular complexity index is 730. The molecule has 0 saturated heterocycles. The molecule has 0 unspecified atom stereocenters. The number of hydrogen-bond acceptors (Lipinski definition) is 3. The molecule has 118 valence electrons. The molecule has 0 spiro atoms. The predicted molar refractivity (Wildman–Crippen MR) is 90.8 cm³/mol. The van der Waals surface area contributed by atoms with Crippen molar-refractivity contribution in [3.63, 3.8) is 0 Å². The van der Waals surface area contributed by atoms with Crippen LogP contribution in [0.1, 0.15) is 36.1 Å². The first-order chi connectivity index (χ1) is 10.5. The number of aryl methyl sites for hydroxylation is 1. The zero-order chi connectivity index (χ0) is 15.6. The minimum absolute atomic E-state index is 0.0228. The summed E-state index contributed by atoms with van der Waals surface area (Å²) in [5.74, 6) is 0. The lowest BCUT2D eigenvalue weighted by atomic mass is 9.85. The van der Waals surface area contributed by atoms with Gasteiger partial charge in [-0.25, -0.2) is 13.1 Å². The van der Waals surface area contributed by atoms with E-state index in [-0.39, 0.29) is 5.41 Å². The van der Waals surface area contributed by atoms with Crippen LogP contribution < -0.4 is 4.72 Å². The van der Waals surface area contributed by atoms with Gasteiger partial charge in [-0.05, 0) is 48.9 Å². The molecule has 1 heterocycles. The fourth-order valence-corrected chi connectivity index (χ4v) is 5.46. The van der Waals surface area contributed by atoms with Crippen molar-refractivity contribution < 1.29 is 8.42 Å². The van der Waals surface area contributed by atoms with E-state index in [1.165, 1.54) is 17.7 Å². The summed E-state index contributed by atoms with van der Waals surface area (Å²) in [5.41, 5.74) is 0.933. The smallest absolute Gasteiger partial charge is 0.210 e. The van der Waals surface area contributed by atoms with Crippen molar-refractivity contribution in [3.8, 4) is 0 Å². The first-order valence-electron chi connectivity index (χ1n) is 7.62. The number of rotatable bonds is 5. The molecular weight excluding hydrogens is 314 g/mol. The summed E-state index contributed by atoms with van der Waals surface area (Å²) in [5, 5.41) is 2.07. The predicted octanol–water partition coefficient (Wildman–Crippen LogP) is 3.85. The van der Waals surface area contributed by atoms with E-state index < -0.39 is 10.0 Å². The van der Waals surface area contributed by atoms with Gasteiger partial charge in [-0.2, -0.15) is 0 Å². The second-order valence-electron chi connectivity index (χ2n) is 6.11. The summed E-state index contributed by atoms with van der Waals surface area (Å²) < 4.78 is 27.9. The molecule has 5 heteroatoms. The highest BCUT2D eigenvalue weighted by molar-refractivity contribution is 7.89. The minimum atomic E-state index is -3.44. The molecule has 1 aliphatic rings. The van der Waals surface area contributed by atoms with Crippen LogP contribution in [0.4, 0.5) is 0 Å². The maximum atomic E-state index is 12.5. The quantitative estimate of drug-likeness (QED) is 0.902. The van der Waals surface area contributed by atoms with Gasteiger partial charge in [0.15, 0.2) is 0 Å². The third-order valence-electron chi connectivity index (χ3n) is 4.50. The van der Waals surface area contributed by atoms with E-state index >= 15 is 0 Å². The summed E-state index contributed by atoms with van der Waals surface area (Å²) in [6.07, 6.45) is 4.46. The van der Waals surface area contributed by atoms with Crippen LogP contribution in [0, 0.1) is 6.92 Å². The highest BCUT2D eigenvalue weighted by atomic mass is 32.2. The maximum Gasteiger partial charge on any atom is 0.240 e. The molecule has 22 heavy (non-hydrogen) atoms. The number of nitrogens with one attached hydrogen (secondary N) is 1. The fraction of sp³-hybridized carbons (Fsp3) is 0.412. The molecule has 0 atom stereocenters. The molecule has 2 aromatic rings. The standard InChI is InChI=1S/C17H21NO2S2/c1-14-6-4-7-15(12-14)22(19,20)18-13-17(9-2-3-10-17)16-8-5-11-21-16/h4-8,11-12,18H,2-3,9-10,13H2,1H3. The molecule has 1 fully saturated rings. The molecule has 3 nitrogen and oxygen atoms in total. The lowest BCUT2D eigenvalue weighted by Gasteiger charge is -2.28. The number of thiophene rings is 1. The molecule has 1 N–H and O–H groups in total. The van der Waals surface area contributed by atoms with Gasteiger partial charge in [0.2, 0.25) is 10.0 Å². The van der Waals surface area contributed by atoms with E-state index in [2.05, 4.69) is 22.2 Å². The van der Waals surface area contributed by atoms with Crippen LogP contribution in [-0.2, 0) is 15.4 Å². The Morgan fingerprint density at radius 1 is 1.18 bits per heavy atom. The monoisotopic (exact) mass is 335 g/mol. The zero-order valence-electron chi connectivity index (χ0n) is 12.7. The van der Waals surface area contributed by atoms with Crippen molar-refractivity contribution in [2.45, 2.75) is 42.9 Å². The Balaban J connectivity index is 1.81. The summed E-state index contributed by atoms with van der Waals surface area (Å²) in [4.78, 5) is 1.66. The maximum absolute atomic E-state index is 12.5. The van der Waals surface area contributed by atoms with E-state index in [4.69, 9.17) is 0 Å². The summed E-state index contributed by atoms with van der Waals surface area (Å²) in [6, 6.07) is 11.3. The second kappa shape index (κ2) is 6.14. The highest BCUT2D eigenvalue weighted by Crippen LogP contribution is 2.42. The van der Waals surface area contributed by atoms with Crippen molar-refractivity contribution in [1.82, 2.24) is 4.72 Å². The molecule has 0 bridgehead atoms. The first kappa shape index (κ1) is 15.7. The third-order valence-corrected chi connectivity index (χ3v) is 7.02. The van der Waals surface area contributed by atoms with Crippen molar-refractivity contribution in [2.75, 3.05) is 6.54 Å². The topological polar surface area (TPSA) is 46.2 Å². The van der Waals surface area contributed by atoms with Crippen LogP contribution >= 0.6 is 11.3 Å². The molecule has 1 saturated carbocycles. The second-order valence-corrected chi connectivity index (χ2v) is 8.82. The molecule has 0 aliphatic heterocycles. The van der Waals surface area contributed by atoms with Crippen molar-refractivity contribution in [3.05, 3.63) is 52.2 Å². The molecule has 3 rings (SSSR count). The minimum Gasteiger partial charge on any atom is -0.210 e. The van der Waals surface area contributed by atoms with Gasteiger partial charge in [0.1, 0.15) is 0 Å². The Morgan fingerprint density at radius 3 is 2.59 bits per heavy atom. The molecule has 1 aromatic heterocycles. The van der Waals surface area contributed by atoms with Crippen LogP contribution in [0.25, 0.3) is 0 Å². The zero-order valence-corrected chi connectivity index (χ0v) is 14.3. The van der Waals surface area contributed by atoms with Crippen LogP contribution in [0.3, 0.4) is 0 Å². The average molecular weight is 335 g/mol. The van der Waals surface area contributed by atoms with Crippen LogP contribution in [0.2, 0.25) is 0 Å². The molecule has 1 aromatic carbocycles. The lowest BCUT2D eigenvalue weighted by Crippen LogP contribution is -2.38. The van der Waals surface area contributed by atoms with E-state index in [0.717, 1.165) is 18.4 Å². The van der Waals surface area contributed by atoms with Crippen LogP contribution in [0.5, 0.6) is 0 Å². The Hall–Kier alpha value is -1.17. The molecule has 0 radical (unpaired) electrons. The lowest BCUT2D eigenvalue weighted by molar-refractivity contribution is 0.440. The van der Waals surface area contributed by atoms with E-state index in [9.17, 15) is 8.42 Å². The van der Waals surface area contributed by atoms with Crippen LogP contribution in [-0.4, -0.2) is 15.0 Å². The van der Waals surface area contributed by atoms with Crippen molar-refractivity contribution in [2.24, 2.45) is 0 Å². The molecule has 1 aliphatic carbocycles. The normalized spacial score (nSPS) is 17.7. The number of hydrogen-bond donors (Lipinski definition) is 1. The summed E-state index contributed by atoms with van der Waals surface area (Å²) in [7, 11) is -3.44. The fourth-order valence-electron chi connectivity index (χ4n) is 3.24. The molecular formula is C17H21NO2S2. The highest BCUT2D eigenvalue weighted by Gasteiger charge is 2.37. The van der Waals surface area contributed by atoms with E-state index in [1.807, 2.05) is 13.0 Å². The Kier molecular flexibility index (Phi) is 4.39. The molecule has 0 amide bonds. The van der Waals surface area contributed by atoms with Gasteiger partial charge in [-0.1, -0.05) is 31.0 Å². The van der Waals surface area contributed by atoms with Gasteiger partial charge in [0, 0.05) is 16.8 Å². The van der Waals surface area contributed by atoms with Gasteiger partial charge in [0.25, 0.3) is 0 Å². The Labute approximate surface area is 136 Å². The van der Waals surface area contributed by atoms with Gasteiger partial charge < -0.3 is 0 Å². The largest absolute Gasteiger partial charge is 0.240 e.